The van der Waals surface area contributed by atoms with E-state index in [0.29, 0.717) is 21.8 Å². The number of nitrogens with two attached hydrogens (primary N) is 1. The zero-order chi connectivity index (χ0) is 15.0. The van der Waals surface area contributed by atoms with Crippen molar-refractivity contribution in [3.05, 3.63) is 46.0 Å². The molecule has 106 valence electrons. The molecule has 1 aromatic carbocycles. The number of aryl methyl sites for hydroxylation is 2. The number of nitrogens with zero attached hydrogens (tertiary/aromatic N) is 2. The van der Waals surface area contributed by atoms with Gasteiger partial charge < -0.3 is 11.1 Å². The lowest BCUT2D eigenvalue weighted by atomic mass is 10.1. The first-order chi connectivity index (χ1) is 10.1. The monoisotopic (exact) mass is 298 g/mol. The Balaban J connectivity index is 2.01. The first kappa shape index (κ1) is 13.5. The largest absolute Gasteiger partial charge is 0.397 e. The van der Waals surface area contributed by atoms with Crippen molar-refractivity contribution < 1.29 is 4.79 Å². The average Bonchev–Trinajstić information content (AvgIpc) is 2.81. The lowest BCUT2D eigenvalue weighted by molar-refractivity contribution is 0.103. The number of nitrogens with one attached hydrogen (secondary N) is 1. The maximum Gasteiger partial charge on any atom is 0.267 e. The van der Waals surface area contributed by atoms with Crippen molar-refractivity contribution in [1.29, 1.82) is 0 Å². The molecule has 0 saturated carbocycles. The predicted molar refractivity (Wildman–Crippen MR) is 85.7 cm³/mol. The van der Waals surface area contributed by atoms with Crippen molar-refractivity contribution in [3.63, 3.8) is 0 Å². The molecule has 0 unspecified atom stereocenters. The SMILES string of the molecule is Cc1nc(C)c(C(=O)Nc2ccc(N)c3ncccc23)s1. The highest BCUT2D eigenvalue weighted by Gasteiger charge is 2.15. The third kappa shape index (κ3) is 2.45. The number of hydrogen-bond donors (Lipinski definition) is 2. The van der Waals surface area contributed by atoms with E-state index in [1.165, 1.54) is 11.3 Å². The van der Waals surface area contributed by atoms with Gasteiger partial charge in [0.15, 0.2) is 0 Å². The Morgan fingerprint density at radius 3 is 2.81 bits per heavy atom. The van der Waals surface area contributed by atoms with Crippen LogP contribution in [0.25, 0.3) is 10.9 Å². The third-order valence-electron chi connectivity index (χ3n) is 3.16. The van der Waals surface area contributed by atoms with Crippen LogP contribution in [-0.2, 0) is 0 Å². The number of aromatic nitrogens is 2. The molecule has 3 rings (SSSR count). The summed E-state index contributed by atoms with van der Waals surface area (Å²) in [4.78, 5) is 21.5. The van der Waals surface area contributed by atoms with Gasteiger partial charge >= 0.3 is 0 Å². The van der Waals surface area contributed by atoms with Gasteiger partial charge in [-0.25, -0.2) is 4.98 Å². The molecule has 0 radical (unpaired) electrons. The number of fused-ring (bicyclic) bond motifs is 1. The molecule has 0 aliphatic heterocycles. The molecule has 0 fully saturated rings. The molecular formula is C15H14N4OS. The van der Waals surface area contributed by atoms with Crippen LogP contribution < -0.4 is 11.1 Å². The molecule has 0 spiro atoms. The number of pyridine rings is 1. The molecule has 1 amide bonds. The number of anilines is 2. The molecule has 6 heteroatoms. The fraction of sp³-hybridized carbons (Fsp3) is 0.133. The highest BCUT2D eigenvalue weighted by atomic mass is 32.1. The third-order valence-corrected chi connectivity index (χ3v) is 4.23. The number of nitrogen functional groups attached to an aromatic ring is 1. The van der Waals surface area contributed by atoms with Gasteiger partial charge in [0.05, 0.1) is 27.6 Å². The van der Waals surface area contributed by atoms with Crippen molar-refractivity contribution >= 4 is 39.5 Å². The number of rotatable bonds is 2. The molecule has 0 bridgehead atoms. The van der Waals surface area contributed by atoms with Crippen LogP contribution in [-0.4, -0.2) is 15.9 Å². The van der Waals surface area contributed by atoms with Gasteiger partial charge in [0.1, 0.15) is 4.88 Å². The summed E-state index contributed by atoms with van der Waals surface area (Å²) in [7, 11) is 0. The van der Waals surface area contributed by atoms with Crippen LogP contribution in [0, 0.1) is 13.8 Å². The van der Waals surface area contributed by atoms with E-state index >= 15 is 0 Å². The van der Waals surface area contributed by atoms with Gasteiger partial charge in [-0.2, -0.15) is 0 Å². The summed E-state index contributed by atoms with van der Waals surface area (Å²) < 4.78 is 0. The molecule has 3 aromatic rings. The van der Waals surface area contributed by atoms with Crippen LogP contribution in [0.3, 0.4) is 0 Å². The molecule has 0 aliphatic carbocycles. The van der Waals surface area contributed by atoms with Crippen molar-refractivity contribution in [2.24, 2.45) is 0 Å². The first-order valence-corrected chi connectivity index (χ1v) is 7.26. The van der Waals surface area contributed by atoms with Crippen LogP contribution in [0.4, 0.5) is 11.4 Å². The molecule has 0 atom stereocenters. The number of amides is 1. The summed E-state index contributed by atoms with van der Waals surface area (Å²) in [5, 5.41) is 4.62. The van der Waals surface area contributed by atoms with E-state index in [1.54, 1.807) is 18.3 Å². The van der Waals surface area contributed by atoms with Gasteiger partial charge in [-0.1, -0.05) is 0 Å². The van der Waals surface area contributed by atoms with Crippen molar-refractivity contribution in [2.45, 2.75) is 13.8 Å². The van der Waals surface area contributed by atoms with E-state index in [-0.39, 0.29) is 5.91 Å². The second-order valence-electron chi connectivity index (χ2n) is 4.70. The topological polar surface area (TPSA) is 80.9 Å². The van der Waals surface area contributed by atoms with Crippen molar-refractivity contribution in [1.82, 2.24) is 9.97 Å². The smallest absolute Gasteiger partial charge is 0.267 e. The Labute approximate surface area is 125 Å². The molecule has 5 nitrogen and oxygen atoms in total. The van der Waals surface area contributed by atoms with E-state index in [4.69, 9.17) is 5.73 Å². The van der Waals surface area contributed by atoms with Gasteiger partial charge in [0.25, 0.3) is 5.91 Å². The zero-order valence-corrected chi connectivity index (χ0v) is 12.5. The Morgan fingerprint density at radius 1 is 1.29 bits per heavy atom. The molecule has 2 heterocycles. The fourth-order valence-electron chi connectivity index (χ4n) is 2.22. The summed E-state index contributed by atoms with van der Waals surface area (Å²) in [6.45, 7) is 3.72. The van der Waals surface area contributed by atoms with Crippen LogP contribution in [0.1, 0.15) is 20.4 Å². The summed E-state index contributed by atoms with van der Waals surface area (Å²) >= 11 is 1.39. The van der Waals surface area contributed by atoms with Gasteiger partial charge in [0.2, 0.25) is 0 Å². The molecule has 0 aliphatic rings. The minimum Gasteiger partial charge on any atom is -0.397 e. The number of carbonyl (C=O) groups excluding carboxylic acids is 1. The van der Waals surface area contributed by atoms with E-state index < -0.39 is 0 Å². The standard InChI is InChI=1S/C15H14N4OS/c1-8-14(21-9(2)18-8)15(20)19-12-6-5-11(16)13-10(12)4-3-7-17-13/h3-7H,16H2,1-2H3,(H,19,20). The van der Waals surface area contributed by atoms with Crippen molar-refractivity contribution in [2.75, 3.05) is 11.1 Å². The van der Waals surface area contributed by atoms with Gasteiger partial charge in [-0.15, -0.1) is 11.3 Å². The molecule has 0 saturated heterocycles. The summed E-state index contributed by atoms with van der Waals surface area (Å²) in [6.07, 6.45) is 1.68. The van der Waals surface area contributed by atoms with Gasteiger partial charge in [-0.05, 0) is 38.1 Å². The Kier molecular flexibility index (Phi) is 3.31. The number of thiazole rings is 1. The fourth-order valence-corrected chi connectivity index (χ4v) is 3.04. The highest BCUT2D eigenvalue weighted by Crippen LogP contribution is 2.27. The van der Waals surface area contributed by atoms with Crippen LogP contribution in [0.5, 0.6) is 0 Å². The summed E-state index contributed by atoms with van der Waals surface area (Å²) in [5.41, 5.74) is 8.63. The van der Waals surface area contributed by atoms with Crippen molar-refractivity contribution in [3.8, 4) is 0 Å². The van der Waals surface area contributed by atoms with Crippen LogP contribution in [0.15, 0.2) is 30.5 Å². The molecule has 2 aromatic heterocycles. The van der Waals surface area contributed by atoms with Crippen LogP contribution >= 0.6 is 11.3 Å². The second kappa shape index (κ2) is 5.14. The first-order valence-electron chi connectivity index (χ1n) is 6.45. The normalized spacial score (nSPS) is 10.8. The van der Waals surface area contributed by atoms with E-state index in [9.17, 15) is 4.79 Å². The lowest BCUT2D eigenvalue weighted by Crippen LogP contribution is -2.12. The van der Waals surface area contributed by atoms with E-state index in [2.05, 4.69) is 15.3 Å². The Hall–Kier alpha value is -2.47. The second-order valence-corrected chi connectivity index (χ2v) is 5.91. The lowest BCUT2D eigenvalue weighted by Gasteiger charge is -2.09. The minimum absolute atomic E-state index is 0.159. The summed E-state index contributed by atoms with van der Waals surface area (Å²) in [6, 6.07) is 7.24. The zero-order valence-electron chi connectivity index (χ0n) is 11.7. The number of carbonyl (C=O) groups is 1. The van der Waals surface area contributed by atoms with E-state index in [1.807, 2.05) is 26.0 Å². The molecule has 21 heavy (non-hydrogen) atoms. The average molecular weight is 298 g/mol. The quantitative estimate of drug-likeness (QED) is 0.712. The van der Waals surface area contributed by atoms with Crippen LogP contribution in [0.2, 0.25) is 0 Å². The van der Waals surface area contributed by atoms with Gasteiger partial charge in [-0.3, -0.25) is 9.78 Å². The molecule has 3 N–H and O–H groups in total. The summed E-state index contributed by atoms with van der Waals surface area (Å²) in [5.74, 6) is -0.159. The van der Waals surface area contributed by atoms with E-state index in [0.717, 1.165) is 16.1 Å². The number of benzene rings is 1. The van der Waals surface area contributed by atoms with Gasteiger partial charge in [0, 0.05) is 11.6 Å². The maximum absolute atomic E-state index is 12.4. The highest BCUT2D eigenvalue weighted by molar-refractivity contribution is 7.13. The number of hydrogen-bond acceptors (Lipinski definition) is 5. The minimum atomic E-state index is -0.159. The Bertz CT molecular complexity index is 841. The maximum atomic E-state index is 12.4. The molecular weight excluding hydrogens is 284 g/mol. The predicted octanol–water partition coefficient (Wildman–Crippen LogP) is 3.14. The Morgan fingerprint density at radius 2 is 2.10 bits per heavy atom.